The fourth-order valence-corrected chi connectivity index (χ4v) is 0. The van der Waals surface area contributed by atoms with E-state index in [2.05, 4.69) is 0 Å². The van der Waals surface area contributed by atoms with Gasteiger partial charge in [0, 0.05) is 0 Å². The van der Waals surface area contributed by atoms with Crippen molar-refractivity contribution in [3.05, 3.63) is 0 Å². The molecule has 0 aliphatic carbocycles. The smallest absolute Gasteiger partial charge is 0.850 e. The van der Waals surface area contributed by atoms with Gasteiger partial charge in [0.15, 0.2) is 0 Å². The van der Waals surface area contributed by atoms with Crippen LogP contribution >= 0.6 is 0 Å². The van der Waals surface area contributed by atoms with E-state index in [4.69, 9.17) is 0 Å². The molecular weight excluding hydrogens is 281 g/mol. The maximum Gasteiger partial charge on any atom is 3.00 e. The van der Waals surface area contributed by atoms with E-state index in [1.807, 2.05) is 0 Å². The first-order valence-electron chi connectivity index (χ1n) is 5.11. The molecular formula is C12H27O3Y. The van der Waals surface area contributed by atoms with Gasteiger partial charge in [0.05, 0.1) is 0 Å². The maximum atomic E-state index is 10.1. The van der Waals surface area contributed by atoms with Gasteiger partial charge in [-0.05, 0) is 0 Å². The van der Waals surface area contributed by atoms with E-state index in [0.29, 0.717) is 0 Å². The molecule has 0 bridgehead atoms. The fourth-order valence-electron chi connectivity index (χ4n) is 0. The van der Waals surface area contributed by atoms with Crippen LogP contribution in [-0.4, -0.2) is 16.8 Å². The summed E-state index contributed by atoms with van der Waals surface area (Å²) in [4.78, 5) is 0. The summed E-state index contributed by atoms with van der Waals surface area (Å²) in [5.41, 5.74) is -2.25. The van der Waals surface area contributed by atoms with Crippen molar-refractivity contribution in [3.63, 3.8) is 0 Å². The van der Waals surface area contributed by atoms with E-state index in [9.17, 15) is 15.3 Å². The molecule has 0 aromatic carbocycles. The first kappa shape index (κ1) is 25.7. The van der Waals surface area contributed by atoms with Crippen LogP contribution in [0.5, 0.6) is 0 Å². The summed E-state index contributed by atoms with van der Waals surface area (Å²) in [6.45, 7) is 14.7. The van der Waals surface area contributed by atoms with Gasteiger partial charge in [0.1, 0.15) is 0 Å². The van der Waals surface area contributed by atoms with Crippen molar-refractivity contribution in [1.82, 2.24) is 0 Å². The molecule has 0 heterocycles. The maximum absolute atomic E-state index is 10.1. The van der Waals surface area contributed by atoms with Crippen LogP contribution in [0, 0.1) is 0 Å². The molecule has 0 radical (unpaired) electrons. The summed E-state index contributed by atoms with van der Waals surface area (Å²) < 4.78 is 0. The average Bonchev–Trinajstić information content (AvgIpc) is 1.41. The SMILES string of the molecule is CC(C)(C)[O-].CC(C)(C)[O-].CC(C)(C)[O-].[Y+3]. The zero-order valence-corrected chi connectivity index (χ0v) is 15.1. The van der Waals surface area contributed by atoms with Gasteiger partial charge in [-0.3, -0.25) is 0 Å². The van der Waals surface area contributed by atoms with Gasteiger partial charge in [0.2, 0.25) is 0 Å². The summed E-state index contributed by atoms with van der Waals surface area (Å²) >= 11 is 0. The van der Waals surface area contributed by atoms with Crippen LogP contribution in [0.1, 0.15) is 62.3 Å². The van der Waals surface area contributed by atoms with Crippen LogP contribution in [0.15, 0.2) is 0 Å². The zero-order chi connectivity index (χ0) is 13.5. The van der Waals surface area contributed by atoms with Crippen molar-refractivity contribution in [1.29, 1.82) is 0 Å². The molecule has 96 valence electrons. The van der Waals surface area contributed by atoms with Gasteiger partial charge in [-0.2, -0.15) is 0 Å². The molecule has 0 amide bonds. The minimum Gasteiger partial charge on any atom is -0.850 e. The summed E-state index contributed by atoms with van der Waals surface area (Å²) in [5.74, 6) is 0. The van der Waals surface area contributed by atoms with Crippen LogP contribution in [0.2, 0.25) is 0 Å². The van der Waals surface area contributed by atoms with Crippen molar-refractivity contribution in [3.8, 4) is 0 Å². The third-order valence-electron chi connectivity index (χ3n) is 0. The van der Waals surface area contributed by atoms with E-state index in [0.717, 1.165) is 0 Å². The average molecular weight is 308 g/mol. The standard InChI is InChI=1S/3C4H9O.Y/c3*1-4(2,3)5;/h3*1-3H3;/q3*-1;+3. The Morgan fingerprint density at radius 1 is 0.438 bits per heavy atom. The summed E-state index contributed by atoms with van der Waals surface area (Å²) in [7, 11) is 0. The molecule has 0 saturated carbocycles. The summed E-state index contributed by atoms with van der Waals surface area (Å²) in [6, 6.07) is 0. The van der Waals surface area contributed by atoms with Crippen molar-refractivity contribution in [2.75, 3.05) is 0 Å². The van der Waals surface area contributed by atoms with Crippen LogP contribution in [0.4, 0.5) is 0 Å². The molecule has 3 nitrogen and oxygen atoms in total. The molecule has 0 saturated heterocycles. The van der Waals surface area contributed by atoms with Crippen molar-refractivity contribution >= 4 is 0 Å². The minimum atomic E-state index is -0.750. The zero-order valence-electron chi connectivity index (χ0n) is 12.3. The number of hydrogen-bond donors (Lipinski definition) is 0. The molecule has 0 aliphatic rings. The van der Waals surface area contributed by atoms with E-state index < -0.39 is 16.8 Å². The Bertz CT molecular complexity index is 91.3. The molecule has 0 spiro atoms. The Morgan fingerprint density at radius 2 is 0.438 bits per heavy atom. The normalized spacial score (nSPS) is 11.2. The minimum absolute atomic E-state index is 0. The van der Waals surface area contributed by atoms with Crippen LogP contribution < -0.4 is 15.3 Å². The number of rotatable bonds is 0. The Labute approximate surface area is 127 Å². The van der Waals surface area contributed by atoms with E-state index in [1.165, 1.54) is 0 Å². The van der Waals surface area contributed by atoms with Gasteiger partial charge in [-0.15, -0.1) is 16.8 Å². The second-order valence-electron chi connectivity index (χ2n) is 6.34. The molecule has 0 unspecified atom stereocenters. The van der Waals surface area contributed by atoms with Gasteiger partial charge in [-0.25, -0.2) is 0 Å². The monoisotopic (exact) mass is 308 g/mol. The van der Waals surface area contributed by atoms with E-state index in [1.54, 1.807) is 62.3 Å². The van der Waals surface area contributed by atoms with Crippen LogP contribution in [-0.2, 0) is 32.7 Å². The third kappa shape index (κ3) is 3030. The first-order chi connectivity index (χ1) is 6.00. The molecule has 0 aromatic rings. The molecule has 16 heavy (non-hydrogen) atoms. The summed E-state index contributed by atoms with van der Waals surface area (Å²) in [5, 5.41) is 30.3. The molecule has 4 heteroatoms. The Hall–Kier alpha value is 0.984. The topological polar surface area (TPSA) is 69.2 Å². The Morgan fingerprint density at radius 3 is 0.438 bits per heavy atom. The predicted octanol–water partition coefficient (Wildman–Crippen LogP) is 0.433. The van der Waals surface area contributed by atoms with Crippen molar-refractivity contribution in [2.24, 2.45) is 0 Å². The number of hydrogen-bond acceptors (Lipinski definition) is 3. The molecule has 0 aromatic heterocycles. The summed E-state index contributed by atoms with van der Waals surface area (Å²) in [6.07, 6.45) is 0. The quantitative estimate of drug-likeness (QED) is 0.652. The molecule has 0 rings (SSSR count). The van der Waals surface area contributed by atoms with E-state index >= 15 is 0 Å². The second-order valence-corrected chi connectivity index (χ2v) is 6.34. The van der Waals surface area contributed by atoms with Crippen LogP contribution in [0.3, 0.4) is 0 Å². The second kappa shape index (κ2) is 9.96. The van der Waals surface area contributed by atoms with Crippen molar-refractivity contribution < 1.29 is 48.0 Å². The van der Waals surface area contributed by atoms with Gasteiger partial charge >= 0.3 is 32.7 Å². The van der Waals surface area contributed by atoms with Gasteiger partial charge in [0.25, 0.3) is 0 Å². The third-order valence-corrected chi connectivity index (χ3v) is 0. The molecule has 0 fully saturated rings. The largest absolute Gasteiger partial charge is 3.00 e. The van der Waals surface area contributed by atoms with Gasteiger partial charge < -0.3 is 15.3 Å². The van der Waals surface area contributed by atoms with Gasteiger partial charge in [-0.1, -0.05) is 62.3 Å². The Balaban J connectivity index is -0.0000000655. The molecule has 0 atom stereocenters. The predicted molar refractivity (Wildman–Crippen MR) is 59.3 cm³/mol. The fraction of sp³-hybridized carbons (Fsp3) is 1.00. The van der Waals surface area contributed by atoms with Crippen LogP contribution in [0.25, 0.3) is 0 Å². The first-order valence-corrected chi connectivity index (χ1v) is 5.11. The van der Waals surface area contributed by atoms with E-state index in [-0.39, 0.29) is 32.7 Å². The Kier molecular flexibility index (Phi) is 16.0. The van der Waals surface area contributed by atoms with Crippen molar-refractivity contribution in [2.45, 2.75) is 79.1 Å². The molecule has 0 aliphatic heterocycles. The molecule has 0 N–H and O–H groups in total.